The molecule has 2 heterocycles. The molecule has 1 atom stereocenters. The molecule has 1 aliphatic rings. The lowest BCUT2D eigenvalue weighted by Crippen LogP contribution is -2.39. The number of rotatable bonds is 6. The minimum Gasteiger partial charge on any atom is -0.348 e. The Morgan fingerprint density at radius 2 is 1.88 bits per heavy atom. The molecule has 0 radical (unpaired) electrons. The highest BCUT2D eigenvalue weighted by atomic mass is 35.5. The number of fused-ring (bicyclic) bond motifs is 1. The first-order valence-corrected chi connectivity index (χ1v) is 11.7. The monoisotopic (exact) mass is 453 g/mol. The second-order valence-corrected chi connectivity index (χ2v) is 9.24. The molecule has 0 spiro atoms. The fraction of sp³-hybridized carbons (Fsp3) is 0.440. The maximum absolute atomic E-state index is 12.2. The summed E-state index contributed by atoms with van der Waals surface area (Å²) in [6, 6.07) is 16.6. The first-order chi connectivity index (χ1) is 15.4. The number of hydrogen-bond donors (Lipinski definition) is 0. The number of amides is 1. The smallest absolute Gasteiger partial charge is 0.236 e. The second kappa shape index (κ2) is 10.0. The molecule has 7 heteroatoms. The summed E-state index contributed by atoms with van der Waals surface area (Å²) in [6.07, 6.45) is 1.04. The summed E-state index contributed by atoms with van der Waals surface area (Å²) in [6.45, 7) is 7.23. The Bertz CT molecular complexity index is 1060. The molecule has 0 saturated carbocycles. The lowest BCUT2D eigenvalue weighted by atomic mass is 10.2. The van der Waals surface area contributed by atoms with Gasteiger partial charge in [-0.25, -0.2) is 4.98 Å². The zero-order valence-corrected chi connectivity index (χ0v) is 19.9. The molecule has 1 amide bonds. The van der Waals surface area contributed by atoms with Crippen LogP contribution < -0.4 is 0 Å². The molecule has 1 fully saturated rings. The third-order valence-electron chi connectivity index (χ3n) is 6.33. The molecule has 2 aromatic carbocycles. The van der Waals surface area contributed by atoms with Crippen molar-refractivity contribution in [2.24, 2.45) is 0 Å². The summed E-state index contributed by atoms with van der Waals surface area (Å²) in [7, 11) is 3.63. The summed E-state index contributed by atoms with van der Waals surface area (Å²) in [5.74, 6) is 1.22. The van der Waals surface area contributed by atoms with Gasteiger partial charge >= 0.3 is 0 Å². The van der Waals surface area contributed by atoms with Crippen molar-refractivity contribution in [3.05, 3.63) is 64.9 Å². The van der Waals surface area contributed by atoms with Gasteiger partial charge in [0.15, 0.2) is 0 Å². The van der Waals surface area contributed by atoms with E-state index in [0.29, 0.717) is 11.6 Å². The topological polar surface area (TPSA) is 44.6 Å². The minimum atomic E-state index is 0.160. The van der Waals surface area contributed by atoms with Crippen LogP contribution in [0.1, 0.15) is 30.8 Å². The molecule has 4 rings (SSSR count). The SMILES string of the molecule is CC(c1nc2cc(Cl)ccc2n1Cc1ccccc1)N1CCCN(CC(=O)N(C)C)CC1. The van der Waals surface area contributed by atoms with Crippen LogP contribution in [-0.2, 0) is 11.3 Å². The summed E-state index contributed by atoms with van der Waals surface area (Å²) in [5.41, 5.74) is 3.29. The Balaban J connectivity index is 1.58. The van der Waals surface area contributed by atoms with Crippen molar-refractivity contribution in [1.29, 1.82) is 0 Å². The Labute approximate surface area is 195 Å². The first-order valence-electron chi connectivity index (χ1n) is 11.3. The fourth-order valence-corrected chi connectivity index (χ4v) is 4.57. The van der Waals surface area contributed by atoms with Crippen molar-refractivity contribution in [2.45, 2.75) is 25.9 Å². The molecule has 0 aliphatic carbocycles. The van der Waals surface area contributed by atoms with Crippen molar-refractivity contribution >= 4 is 28.5 Å². The molecule has 1 saturated heterocycles. The highest BCUT2D eigenvalue weighted by Crippen LogP contribution is 2.28. The van der Waals surface area contributed by atoms with Crippen LogP contribution in [0.15, 0.2) is 48.5 Å². The number of aromatic nitrogens is 2. The van der Waals surface area contributed by atoms with Crippen LogP contribution in [-0.4, -0.2) is 77.0 Å². The molecule has 6 nitrogen and oxygen atoms in total. The minimum absolute atomic E-state index is 0.160. The van der Waals surface area contributed by atoms with Crippen LogP contribution in [0.25, 0.3) is 11.0 Å². The third kappa shape index (κ3) is 5.14. The van der Waals surface area contributed by atoms with Crippen molar-refractivity contribution in [1.82, 2.24) is 24.3 Å². The highest BCUT2D eigenvalue weighted by Gasteiger charge is 2.25. The van der Waals surface area contributed by atoms with E-state index in [9.17, 15) is 4.79 Å². The van der Waals surface area contributed by atoms with Gasteiger partial charge < -0.3 is 9.47 Å². The molecule has 0 bridgehead atoms. The van der Waals surface area contributed by atoms with Crippen LogP contribution in [0.3, 0.4) is 0 Å². The Morgan fingerprint density at radius 1 is 1.09 bits per heavy atom. The van der Waals surface area contributed by atoms with E-state index in [1.54, 1.807) is 4.90 Å². The van der Waals surface area contributed by atoms with Crippen LogP contribution >= 0.6 is 11.6 Å². The van der Waals surface area contributed by atoms with E-state index in [0.717, 1.165) is 56.0 Å². The zero-order valence-electron chi connectivity index (χ0n) is 19.2. The number of carbonyl (C=O) groups is 1. The summed E-state index contributed by atoms with van der Waals surface area (Å²) >= 11 is 6.27. The number of halogens is 1. The van der Waals surface area contributed by atoms with Gasteiger partial charge in [0.2, 0.25) is 5.91 Å². The standard InChI is InChI=1S/C25H32ClN5O/c1-19(30-13-7-12-29(14-15-30)18-24(32)28(2)3)25-27-22-16-21(26)10-11-23(22)31(25)17-20-8-5-4-6-9-20/h4-6,8-11,16,19H,7,12-15,17-18H2,1-3H3. The lowest BCUT2D eigenvalue weighted by Gasteiger charge is -2.28. The molecular formula is C25H32ClN5O. The van der Waals surface area contributed by atoms with E-state index in [4.69, 9.17) is 16.6 Å². The quantitative estimate of drug-likeness (QED) is 0.568. The van der Waals surface area contributed by atoms with Gasteiger partial charge in [-0.15, -0.1) is 0 Å². The average Bonchev–Trinajstić information content (AvgIpc) is 2.96. The normalized spacial score (nSPS) is 16.8. The Morgan fingerprint density at radius 3 is 2.62 bits per heavy atom. The van der Waals surface area contributed by atoms with Gasteiger partial charge in [-0.1, -0.05) is 41.9 Å². The molecular weight excluding hydrogens is 422 g/mol. The number of carbonyl (C=O) groups excluding carboxylic acids is 1. The lowest BCUT2D eigenvalue weighted by molar-refractivity contribution is -0.129. The van der Waals surface area contributed by atoms with Crippen LogP contribution in [0.4, 0.5) is 0 Å². The molecule has 0 N–H and O–H groups in total. The van der Waals surface area contributed by atoms with Crippen molar-refractivity contribution in [2.75, 3.05) is 46.8 Å². The fourth-order valence-electron chi connectivity index (χ4n) is 4.40. The number of nitrogens with zero attached hydrogens (tertiary/aromatic N) is 5. The largest absolute Gasteiger partial charge is 0.348 e. The molecule has 1 aromatic heterocycles. The predicted molar refractivity (Wildman–Crippen MR) is 130 cm³/mol. The van der Waals surface area contributed by atoms with E-state index >= 15 is 0 Å². The Kier molecular flexibility index (Phi) is 7.13. The van der Waals surface area contributed by atoms with Gasteiger partial charge in [0, 0.05) is 45.3 Å². The van der Waals surface area contributed by atoms with Gasteiger partial charge in [0.25, 0.3) is 0 Å². The molecule has 32 heavy (non-hydrogen) atoms. The number of imidazole rings is 1. The maximum atomic E-state index is 12.2. The van der Waals surface area contributed by atoms with Crippen LogP contribution in [0.2, 0.25) is 5.02 Å². The highest BCUT2D eigenvalue weighted by molar-refractivity contribution is 6.31. The van der Waals surface area contributed by atoms with Crippen molar-refractivity contribution in [3.63, 3.8) is 0 Å². The maximum Gasteiger partial charge on any atom is 0.236 e. The molecule has 3 aromatic rings. The van der Waals surface area contributed by atoms with Gasteiger partial charge in [0.1, 0.15) is 5.82 Å². The van der Waals surface area contributed by atoms with Crippen LogP contribution in [0.5, 0.6) is 0 Å². The first kappa shape index (κ1) is 22.8. The third-order valence-corrected chi connectivity index (χ3v) is 6.56. The summed E-state index contributed by atoms with van der Waals surface area (Å²) in [5, 5.41) is 0.706. The molecule has 1 unspecified atom stereocenters. The van der Waals surface area contributed by atoms with E-state index in [1.165, 1.54) is 5.56 Å². The number of hydrogen-bond acceptors (Lipinski definition) is 4. The van der Waals surface area contributed by atoms with Gasteiger partial charge in [-0.3, -0.25) is 14.6 Å². The summed E-state index contributed by atoms with van der Waals surface area (Å²) in [4.78, 5) is 23.6. The van der Waals surface area contributed by atoms with Crippen molar-refractivity contribution in [3.8, 4) is 0 Å². The van der Waals surface area contributed by atoms with Crippen LogP contribution in [0, 0.1) is 0 Å². The molecule has 1 aliphatic heterocycles. The molecule has 170 valence electrons. The van der Waals surface area contributed by atoms with E-state index in [1.807, 2.05) is 32.3 Å². The van der Waals surface area contributed by atoms with E-state index in [-0.39, 0.29) is 11.9 Å². The van der Waals surface area contributed by atoms with E-state index in [2.05, 4.69) is 51.6 Å². The zero-order chi connectivity index (χ0) is 22.7. The Hall–Kier alpha value is -2.41. The number of benzene rings is 2. The average molecular weight is 454 g/mol. The van der Waals surface area contributed by atoms with Gasteiger partial charge in [-0.2, -0.15) is 0 Å². The van der Waals surface area contributed by atoms with Crippen molar-refractivity contribution < 1.29 is 4.79 Å². The van der Waals surface area contributed by atoms with Gasteiger partial charge in [-0.05, 0) is 43.7 Å². The predicted octanol–water partition coefficient (Wildman–Crippen LogP) is 3.89. The van der Waals surface area contributed by atoms with E-state index < -0.39 is 0 Å². The van der Waals surface area contributed by atoms with Gasteiger partial charge in [0.05, 0.1) is 23.6 Å². The second-order valence-electron chi connectivity index (χ2n) is 8.80. The summed E-state index contributed by atoms with van der Waals surface area (Å²) < 4.78 is 2.32. The number of likely N-dealkylation sites (N-methyl/N-ethyl adjacent to an activating group) is 1.